The van der Waals surface area contributed by atoms with Crippen molar-refractivity contribution >= 4 is 21.4 Å². The number of amides is 1. The van der Waals surface area contributed by atoms with Gasteiger partial charge in [0, 0.05) is 31.7 Å². The van der Waals surface area contributed by atoms with Crippen LogP contribution in [0.4, 0.5) is 5.69 Å². The molecule has 1 aliphatic rings. The normalized spacial score (nSPS) is 14.1. The van der Waals surface area contributed by atoms with Crippen molar-refractivity contribution in [1.29, 1.82) is 0 Å². The summed E-state index contributed by atoms with van der Waals surface area (Å²) >= 11 is 0. The number of carbonyl (C=O) groups excluding carboxylic acids is 1. The lowest BCUT2D eigenvalue weighted by Crippen LogP contribution is -2.48. The van der Waals surface area contributed by atoms with Crippen LogP contribution in [0.3, 0.4) is 0 Å². The number of rotatable bonds is 7. The van der Waals surface area contributed by atoms with Crippen LogP contribution in [0, 0.1) is 0 Å². The molecule has 0 N–H and O–H groups in total. The van der Waals surface area contributed by atoms with Gasteiger partial charge in [0.2, 0.25) is 0 Å². The highest BCUT2D eigenvalue weighted by Crippen LogP contribution is 2.28. The summed E-state index contributed by atoms with van der Waals surface area (Å²) in [7, 11) is -0.397. The molecular weight excluding hydrogens is 452 g/mol. The van der Waals surface area contributed by atoms with Gasteiger partial charge in [-0.2, -0.15) is 0 Å². The molecule has 1 fully saturated rings. The van der Waals surface area contributed by atoms with Gasteiger partial charge in [-0.05, 0) is 48.0 Å². The van der Waals surface area contributed by atoms with Gasteiger partial charge in [0.1, 0.15) is 11.5 Å². The summed E-state index contributed by atoms with van der Waals surface area (Å²) in [6.07, 6.45) is 0. The van der Waals surface area contributed by atoms with E-state index in [4.69, 9.17) is 9.47 Å². The van der Waals surface area contributed by atoms with E-state index in [1.807, 2.05) is 24.3 Å². The first kappa shape index (κ1) is 23.6. The maximum atomic E-state index is 13.1. The number of nitrogens with zero attached hydrogens (tertiary/aromatic N) is 2. The maximum Gasteiger partial charge on any atom is 0.254 e. The van der Waals surface area contributed by atoms with Crippen LogP contribution in [-0.4, -0.2) is 59.6 Å². The number of piperazine rings is 1. The Morgan fingerprint density at radius 2 is 1.56 bits per heavy atom. The van der Waals surface area contributed by atoms with E-state index in [2.05, 4.69) is 4.90 Å². The summed E-state index contributed by atoms with van der Waals surface area (Å²) < 4.78 is 36.6. The van der Waals surface area contributed by atoms with Crippen molar-refractivity contribution in [2.75, 3.05) is 45.3 Å². The minimum absolute atomic E-state index is 0.141. The molecule has 3 aromatic carbocycles. The Labute approximate surface area is 200 Å². The van der Waals surface area contributed by atoms with E-state index in [9.17, 15) is 13.2 Å². The Bertz CT molecular complexity index is 1250. The lowest BCUT2D eigenvalue weighted by atomic mass is 10.1. The van der Waals surface area contributed by atoms with Crippen LogP contribution in [0.5, 0.6) is 11.5 Å². The van der Waals surface area contributed by atoms with Gasteiger partial charge < -0.3 is 19.3 Å². The van der Waals surface area contributed by atoms with Crippen molar-refractivity contribution in [1.82, 2.24) is 4.90 Å². The second-order valence-corrected chi connectivity index (χ2v) is 10.1. The predicted octanol–water partition coefficient (Wildman–Crippen LogP) is 3.64. The Balaban J connectivity index is 1.44. The number of ether oxygens (including phenoxy) is 2. The molecule has 0 saturated carbocycles. The second kappa shape index (κ2) is 10.2. The SMILES string of the molecule is COc1ccc(CS(=O)(=O)c2cccc(C(=O)N3CCN(c4ccccc4OC)CC3)c2)cc1. The Kier molecular flexibility index (Phi) is 7.07. The third-order valence-corrected chi connectivity index (χ3v) is 7.63. The first-order valence-corrected chi connectivity index (χ1v) is 12.7. The molecule has 4 rings (SSSR count). The van der Waals surface area contributed by atoms with Crippen LogP contribution in [-0.2, 0) is 15.6 Å². The average Bonchev–Trinajstić information content (AvgIpc) is 2.88. The fourth-order valence-electron chi connectivity index (χ4n) is 4.07. The standard InChI is InChI=1S/C26H28N2O5S/c1-32-22-12-10-20(11-13-22)19-34(30,31)23-7-5-6-21(18-23)26(29)28-16-14-27(15-17-28)24-8-3-4-9-25(24)33-2/h3-13,18H,14-17,19H2,1-2H3. The van der Waals surface area contributed by atoms with Gasteiger partial charge in [-0.3, -0.25) is 4.79 Å². The van der Waals surface area contributed by atoms with Crippen molar-refractivity contribution in [3.8, 4) is 11.5 Å². The largest absolute Gasteiger partial charge is 0.497 e. The minimum Gasteiger partial charge on any atom is -0.497 e. The molecule has 1 saturated heterocycles. The summed E-state index contributed by atoms with van der Waals surface area (Å²) in [5, 5.41) is 0. The molecule has 1 heterocycles. The molecule has 0 aromatic heterocycles. The van der Waals surface area contributed by atoms with E-state index in [1.165, 1.54) is 12.1 Å². The highest BCUT2D eigenvalue weighted by molar-refractivity contribution is 7.90. The summed E-state index contributed by atoms with van der Waals surface area (Å²) in [6.45, 7) is 2.42. The molecule has 0 unspecified atom stereocenters. The van der Waals surface area contributed by atoms with Gasteiger partial charge in [-0.15, -0.1) is 0 Å². The fraction of sp³-hybridized carbons (Fsp3) is 0.269. The number of carbonyl (C=O) groups is 1. The molecule has 1 amide bonds. The zero-order chi connectivity index (χ0) is 24.1. The Morgan fingerprint density at radius 1 is 0.853 bits per heavy atom. The lowest BCUT2D eigenvalue weighted by Gasteiger charge is -2.36. The first-order valence-electron chi connectivity index (χ1n) is 11.0. The molecule has 0 atom stereocenters. The van der Waals surface area contributed by atoms with E-state index < -0.39 is 9.84 Å². The van der Waals surface area contributed by atoms with Crippen molar-refractivity contribution in [3.63, 3.8) is 0 Å². The van der Waals surface area contributed by atoms with Gasteiger partial charge in [-0.25, -0.2) is 8.42 Å². The van der Waals surface area contributed by atoms with Crippen LogP contribution in [0.1, 0.15) is 15.9 Å². The van der Waals surface area contributed by atoms with Crippen LogP contribution in [0.2, 0.25) is 0 Å². The zero-order valence-corrected chi connectivity index (χ0v) is 20.1. The molecule has 8 heteroatoms. The molecule has 0 radical (unpaired) electrons. The maximum absolute atomic E-state index is 13.1. The number of methoxy groups -OCH3 is 2. The van der Waals surface area contributed by atoms with Gasteiger partial charge in [0.15, 0.2) is 9.84 Å². The molecule has 0 bridgehead atoms. The molecule has 34 heavy (non-hydrogen) atoms. The fourth-order valence-corrected chi connectivity index (χ4v) is 5.46. The van der Waals surface area contributed by atoms with Crippen molar-refractivity contribution in [2.45, 2.75) is 10.6 Å². The molecule has 1 aliphatic heterocycles. The summed E-state index contributed by atoms with van der Waals surface area (Å²) in [6, 6.07) is 21.1. The van der Waals surface area contributed by atoms with E-state index in [1.54, 1.807) is 55.5 Å². The lowest BCUT2D eigenvalue weighted by molar-refractivity contribution is 0.0746. The Morgan fingerprint density at radius 3 is 2.24 bits per heavy atom. The van der Waals surface area contributed by atoms with Gasteiger partial charge in [-0.1, -0.05) is 30.3 Å². The quantitative estimate of drug-likeness (QED) is 0.514. The minimum atomic E-state index is -3.61. The highest BCUT2D eigenvalue weighted by Gasteiger charge is 2.25. The van der Waals surface area contributed by atoms with Gasteiger partial charge in [0.25, 0.3) is 5.91 Å². The predicted molar refractivity (Wildman–Crippen MR) is 131 cm³/mol. The van der Waals surface area contributed by atoms with Gasteiger partial charge in [0.05, 0.1) is 30.6 Å². The van der Waals surface area contributed by atoms with Crippen molar-refractivity contribution in [2.24, 2.45) is 0 Å². The van der Waals surface area contributed by atoms with Crippen LogP contribution < -0.4 is 14.4 Å². The van der Waals surface area contributed by atoms with Crippen LogP contribution in [0.15, 0.2) is 77.7 Å². The molecule has 3 aromatic rings. The number of para-hydroxylation sites is 2. The topological polar surface area (TPSA) is 76.2 Å². The van der Waals surface area contributed by atoms with Crippen LogP contribution >= 0.6 is 0 Å². The monoisotopic (exact) mass is 480 g/mol. The Hall–Kier alpha value is -3.52. The summed E-state index contributed by atoms with van der Waals surface area (Å²) in [5.41, 5.74) is 2.04. The summed E-state index contributed by atoms with van der Waals surface area (Å²) in [4.78, 5) is 17.2. The second-order valence-electron chi connectivity index (χ2n) is 8.09. The number of sulfone groups is 1. The molecule has 0 spiro atoms. The number of hydrogen-bond acceptors (Lipinski definition) is 6. The van der Waals surface area contributed by atoms with E-state index >= 15 is 0 Å². The zero-order valence-electron chi connectivity index (χ0n) is 19.3. The molecule has 0 aliphatic carbocycles. The van der Waals surface area contributed by atoms with Crippen LogP contribution in [0.25, 0.3) is 0 Å². The van der Waals surface area contributed by atoms with Gasteiger partial charge >= 0.3 is 0 Å². The summed E-state index contributed by atoms with van der Waals surface area (Å²) in [5.74, 6) is 1.16. The number of anilines is 1. The third kappa shape index (κ3) is 5.17. The number of benzene rings is 3. The smallest absolute Gasteiger partial charge is 0.254 e. The average molecular weight is 481 g/mol. The molecule has 7 nitrogen and oxygen atoms in total. The molecule has 178 valence electrons. The van der Waals surface area contributed by atoms with Crippen molar-refractivity contribution in [3.05, 3.63) is 83.9 Å². The highest BCUT2D eigenvalue weighted by atomic mass is 32.2. The van der Waals surface area contributed by atoms with Crippen molar-refractivity contribution < 1.29 is 22.7 Å². The van der Waals surface area contributed by atoms with E-state index in [0.29, 0.717) is 43.1 Å². The van der Waals surface area contributed by atoms with E-state index in [-0.39, 0.29) is 16.6 Å². The van der Waals surface area contributed by atoms with E-state index in [0.717, 1.165) is 11.4 Å². The third-order valence-electron chi connectivity index (χ3n) is 5.95. The molecular formula is C26H28N2O5S. The number of hydrogen-bond donors (Lipinski definition) is 0. The first-order chi connectivity index (χ1) is 16.4.